The number of rotatable bonds is 12. The Kier molecular flexibility index (Phi) is 9.88. The summed E-state index contributed by atoms with van der Waals surface area (Å²) < 4.78 is 11.5. The number of amides is 2. The predicted octanol–water partition coefficient (Wildman–Crippen LogP) is 4.28. The normalized spacial score (nSPS) is 11.5. The number of carbonyl (C=O) groups is 2. The average molecular weight is 427 g/mol. The Morgan fingerprint density at radius 3 is 2.52 bits per heavy atom. The third-order valence-corrected chi connectivity index (χ3v) is 4.94. The van der Waals surface area contributed by atoms with Crippen molar-refractivity contribution in [3.8, 4) is 11.5 Å². The molecule has 1 unspecified atom stereocenters. The number of nitrogens with zero attached hydrogens (tertiary/aromatic N) is 1. The van der Waals surface area contributed by atoms with Gasteiger partial charge in [-0.25, -0.2) is 0 Å². The Morgan fingerprint density at radius 1 is 1.03 bits per heavy atom. The van der Waals surface area contributed by atoms with Gasteiger partial charge in [-0.3, -0.25) is 9.59 Å². The molecule has 2 aromatic rings. The van der Waals surface area contributed by atoms with Crippen molar-refractivity contribution in [2.45, 2.75) is 45.6 Å². The van der Waals surface area contributed by atoms with Gasteiger partial charge in [0.25, 0.3) is 5.91 Å². The summed E-state index contributed by atoms with van der Waals surface area (Å²) in [7, 11) is 3.39. The number of para-hydroxylation sites is 1. The molecule has 0 saturated heterocycles. The van der Waals surface area contributed by atoms with Crippen molar-refractivity contribution in [1.82, 2.24) is 10.2 Å². The zero-order chi connectivity index (χ0) is 22.6. The van der Waals surface area contributed by atoms with Crippen molar-refractivity contribution >= 4 is 11.8 Å². The molecule has 6 heteroatoms. The lowest BCUT2D eigenvalue weighted by molar-refractivity contribution is -0.130. The molecule has 2 amide bonds. The quantitative estimate of drug-likeness (QED) is 0.515. The van der Waals surface area contributed by atoms with Gasteiger partial charge in [0, 0.05) is 26.1 Å². The molecule has 1 N–H and O–H groups in total. The lowest BCUT2D eigenvalue weighted by atomic mass is 10.0. The number of benzene rings is 2. The largest absolute Gasteiger partial charge is 0.494 e. The minimum absolute atomic E-state index is 0.00146. The highest BCUT2D eigenvalue weighted by Gasteiger charge is 2.17. The van der Waals surface area contributed by atoms with Gasteiger partial charge < -0.3 is 19.7 Å². The molecular weight excluding hydrogens is 392 g/mol. The fraction of sp³-hybridized carbons (Fsp3) is 0.440. The first-order valence-corrected chi connectivity index (χ1v) is 10.8. The van der Waals surface area contributed by atoms with Crippen LogP contribution in [0.15, 0.2) is 48.5 Å². The van der Waals surface area contributed by atoms with Crippen LogP contribution in [0.25, 0.3) is 0 Å². The minimum atomic E-state index is -0.165. The highest BCUT2D eigenvalue weighted by Crippen LogP contribution is 2.27. The summed E-state index contributed by atoms with van der Waals surface area (Å²) in [5.74, 6) is 1.37. The van der Waals surface area contributed by atoms with Gasteiger partial charge in [-0.1, -0.05) is 37.3 Å². The maximum Gasteiger partial charge on any atom is 0.259 e. The van der Waals surface area contributed by atoms with Crippen molar-refractivity contribution < 1.29 is 19.1 Å². The predicted molar refractivity (Wildman–Crippen MR) is 122 cm³/mol. The number of unbranched alkanes of at least 4 members (excludes halogenated alkanes) is 1. The van der Waals surface area contributed by atoms with E-state index in [1.165, 1.54) is 4.90 Å². The number of hydrogen-bond acceptors (Lipinski definition) is 4. The summed E-state index contributed by atoms with van der Waals surface area (Å²) in [4.78, 5) is 25.8. The molecule has 0 aliphatic carbocycles. The zero-order valence-corrected chi connectivity index (χ0v) is 19.0. The molecule has 0 bridgehead atoms. The van der Waals surface area contributed by atoms with E-state index in [0.717, 1.165) is 36.1 Å². The lowest BCUT2D eigenvalue weighted by Crippen LogP contribution is -2.30. The molecule has 31 heavy (non-hydrogen) atoms. The second-order valence-electron chi connectivity index (χ2n) is 7.77. The Hall–Kier alpha value is -3.02. The second-order valence-corrected chi connectivity index (χ2v) is 7.77. The summed E-state index contributed by atoms with van der Waals surface area (Å²) in [6, 6.07) is 15.3. The fourth-order valence-electron chi connectivity index (χ4n) is 3.12. The molecule has 0 heterocycles. The van der Waals surface area contributed by atoms with E-state index in [0.29, 0.717) is 18.8 Å². The first kappa shape index (κ1) is 24.3. The molecule has 2 aromatic carbocycles. The zero-order valence-electron chi connectivity index (χ0n) is 19.0. The minimum Gasteiger partial charge on any atom is -0.494 e. The standard InChI is InChI=1S/C25H34N2O4/c1-5-22(21-13-6-7-14-23(21)31-18-25(29)27(3)4)26-24(28)15-8-9-16-30-20-12-10-11-19(2)17-20/h6-7,10-14,17,22H,5,8-9,15-16,18H2,1-4H3,(H,26,28). The third-order valence-electron chi connectivity index (χ3n) is 4.94. The Balaban J connectivity index is 1.81. The SMILES string of the molecule is CCC(NC(=O)CCCCOc1cccc(C)c1)c1ccccc1OCC(=O)N(C)C. The first-order chi connectivity index (χ1) is 14.9. The van der Waals surface area contributed by atoms with Crippen LogP contribution in [0.4, 0.5) is 0 Å². The summed E-state index contributed by atoms with van der Waals surface area (Å²) in [5.41, 5.74) is 2.05. The summed E-state index contributed by atoms with van der Waals surface area (Å²) >= 11 is 0. The molecular formula is C25H34N2O4. The van der Waals surface area contributed by atoms with Crippen LogP contribution in [-0.2, 0) is 9.59 Å². The van der Waals surface area contributed by atoms with E-state index >= 15 is 0 Å². The van der Waals surface area contributed by atoms with Crippen LogP contribution >= 0.6 is 0 Å². The molecule has 0 fully saturated rings. The molecule has 0 saturated carbocycles. The van der Waals surface area contributed by atoms with E-state index < -0.39 is 0 Å². The summed E-state index contributed by atoms with van der Waals surface area (Å²) in [6.45, 7) is 4.60. The Bertz CT molecular complexity index is 851. The third kappa shape index (κ3) is 8.32. The monoisotopic (exact) mass is 426 g/mol. The van der Waals surface area contributed by atoms with Gasteiger partial charge in [-0.15, -0.1) is 0 Å². The van der Waals surface area contributed by atoms with Gasteiger partial charge in [-0.05, 0) is 49.9 Å². The maximum atomic E-state index is 12.5. The molecule has 1 atom stereocenters. The first-order valence-electron chi connectivity index (χ1n) is 10.8. The van der Waals surface area contributed by atoms with E-state index in [1.54, 1.807) is 14.1 Å². The number of carbonyl (C=O) groups excluding carboxylic acids is 2. The number of likely N-dealkylation sites (N-methyl/N-ethyl adjacent to an activating group) is 1. The molecule has 0 radical (unpaired) electrons. The molecule has 0 aromatic heterocycles. The Labute approximate surface area is 185 Å². The van der Waals surface area contributed by atoms with Crippen molar-refractivity contribution in [2.75, 3.05) is 27.3 Å². The van der Waals surface area contributed by atoms with Crippen molar-refractivity contribution in [3.63, 3.8) is 0 Å². The van der Waals surface area contributed by atoms with E-state index in [4.69, 9.17) is 9.47 Å². The molecule has 2 rings (SSSR count). The van der Waals surface area contributed by atoms with Gasteiger partial charge in [0.05, 0.1) is 12.6 Å². The van der Waals surface area contributed by atoms with E-state index in [-0.39, 0.29) is 24.5 Å². The van der Waals surface area contributed by atoms with Gasteiger partial charge in [-0.2, -0.15) is 0 Å². The van der Waals surface area contributed by atoms with Crippen molar-refractivity contribution in [3.05, 3.63) is 59.7 Å². The lowest BCUT2D eigenvalue weighted by Gasteiger charge is -2.21. The summed E-state index contributed by atoms with van der Waals surface area (Å²) in [5, 5.41) is 3.09. The van der Waals surface area contributed by atoms with Gasteiger partial charge in [0.2, 0.25) is 5.91 Å². The van der Waals surface area contributed by atoms with Gasteiger partial charge in [0.1, 0.15) is 11.5 Å². The van der Waals surface area contributed by atoms with Crippen LogP contribution in [0.5, 0.6) is 11.5 Å². The highest BCUT2D eigenvalue weighted by atomic mass is 16.5. The van der Waals surface area contributed by atoms with Crippen LogP contribution in [0.1, 0.15) is 49.8 Å². The molecule has 0 aliphatic heterocycles. The van der Waals surface area contributed by atoms with E-state index in [1.807, 2.05) is 62.4 Å². The molecule has 6 nitrogen and oxygen atoms in total. The molecule has 168 valence electrons. The fourth-order valence-corrected chi connectivity index (χ4v) is 3.12. The smallest absolute Gasteiger partial charge is 0.259 e. The van der Waals surface area contributed by atoms with E-state index in [2.05, 4.69) is 5.32 Å². The summed E-state index contributed by atoms with van der Waals surface area (Å²) in [6.07, 6.45) is 2.73. The van der Waals surface area contributed by atoms with E-state index in [9.17, 15) is 9.59 Å². The molecule has 0 spiro atoms. The molecule has 0 aliphatic rings. The second kappa shape index (κ2) is 12.6. The van der Waals surface area contributed by atoms with Gasteiger partial charge in [0.15, 0.2) is 6.61 Å². The van der Waals surface area contributed by atoms with Crippen LogP contribution in [0.3, 0.4) is 0 Å². The number of aryl methyl sites for hydroxylation is 1. The topological polar surface area (TPSA) is 67.9 Å². The van der Waals surface area contributed by atoms with Crippen LogP contribution in [0, 0.1) is 6.92 Å². The number of nitrogens with one attached hydrogen (secondary N) is 1. The Morgan fingerprint density at radius 2 is 1.81 bits per heavy atom. The van der Waals surface area contributed by atoms with Crippen LogP contribution in [0.2, 0.25) is 0 Å². The van der Waals surface area contributed by atoms with Crippen LogP contribution < -0.4 is 14.8 Å². The van der Waals surface area contributed by atoms with Gasteiger partial charge >= 0.3 is 0 Å². The van der Waals surface area contributed by atoms with Crippen molar-refractivity contribution in [2.24, 2.45) is 0 Å². The number of ether oxygens (including phenoxy) is 2. The highest BCUT2D eigenvalue weighted by molar-refractivity contribution is 5.77. The average Bonchev–Trinajstić information content (AvgIpc) is 2.75. The maximum absolute atomic E-state index is 12.5. The number of hydrogen-bond donors (Lipinski definition) is 1. The van der Waals surface area contributed by atoms with Crippen molar-refractivity contribution in [1.29, 1.82) is 0 Å². The van der Waals surface area contributed by atoms with Crippen LogP contribution in [-0.4, -0.2) is 44.0 Å².